The van der Waals surface area contributed by atoms with Crippen molar-refractivity contribution in [3.63, 3.8) is 0 Å². The van der Waals surface area contributed by atoms with E-state index in [1.807, 2.05) is 13.8 Å². The first-order chi connectivity index (χ1) is 8.43. The van der Waals surface area contributed by atoms with Crippen LogP contribution in [-0.4, -0.2) is 39.8 Å². The van der Waals surface area contributed by atoms with E-state index in [2.05, 4.69) is 4.99 Å². The van der Waals surface area contributed by atoms with E-state index < -0.39 is 0 Å². The monoisotopic (exact) mass is 272 g/mol. The highest BCUT2D eigenvalue weighted by atomic mass is 32.2. The van der Waals surface area contributed by atoms with Crippen LogP contribution in [0.25, 0.3) is 0 Å². The molecule has 0 aromatic rings. The minimum absolute atomic E-state index is 0.0174. The molecule has 1 aliphatic rings. The minimum atomic E-state index is -0.300. The molecule has 1 fully saturated rings. The van der Waals surface area contributed by atoms with Crippen LogP contribution in [0.3, 0.4) is 0 Å². The number of imide groups is 1. The number of amides is 2. The van der Waals surface area contributed by atoms with Crippen molar-refractivity contribution in [1.82, 2.24) is 4.90 Å². The van der Waals surface area contributed by atoms with Gasteiger partial charge in [0.05, 0.1) is 17.3 Å². The number of carbonyl (C=O) groups excluding carboxylic acids is 2. The third kappa shape index (κ3) is 2.77. The van der Waals surface area contributed by atoms with Gasteiger partial charge in [0.2, 0.25) is 11.8 Å². The number of nitrogens with two attached hydrogens (primary N) is 2. The van der Waals surface area contributed by atoms with Crippen LogP contribution in [0.1, 0.15) is 27.2 Å². The van der Waals surface area contributed by atoms with Crippen molar-refractivity contribution in [1.29, 1.82) is 0 Å². The molecule has 102 valence electrons. The highest BCUT2D eigenvalue weighted by Gasteiger charge is 2.52. The summed E-state index contributed by atoms with van der Waals surface area (Å²) in [6.07, 6.45) is 0.667. The van der Waals surface area contributed by atoms with Gasteiger partial charge in [0.25, 0.3) is 0 Å². The zero-order chi connectivity index (χ0) is 13.9. The molecule has 0 saturated carbocycles. The molecular formula is C11H20N4O2S. The number of carbonyl (C=O) groups is 2. The maximum absolute atomic E-state index is 12.0. The average Bonchev–Trinajstić information content (AvgIpc) is 2.26. The number of aliphatic imine (C=N–C) groups is 1. The molecule has 6 nitrogen and oxygen atoms in total. The number of thioether (sulfide) groups is 1. The molecule has 0 radical (unpaired) electrons. The molecule has 3 atom stereocenters. The maximum Gasteiger partial charge on any atom is 0.238 e. The molecular weight excluding hydrogens is 252 g/mol. The lowest BCUT2D eigenvalue weighted by Gasteiger charge is -2.46. The number of rotatable bonds is 5. The highest BCUT2D eigenvalue weighted by Crippen LogP contribution is 2.39. The molecule has 0 spiro atoms. The van der Waals surface area contributed by atoms with E-state index in [1.54, 1.807) is 11.8 Å². The van der Waals surface area contributed by atoms with Crippen molar-refractivity contribution in [3.05, 3.63) is 0 Å². The Kier molecular flexibility index (Phi) is 5.01. The summed E-state index contributed by atoms with van der Waals surface area (Å²) < 4.78 is 0. The van der Waals surface area contributed by atoms with E-state index in [0.717, 1.165) is 5.75 Å². The van der Waals surface area contributed by atoms with Gasteiger partial charge >= 0.3 is 0 Å². The van der Waals surface area contributed by atoms with Gasteiger partial charge in [-0.25, -0.2) is 4.99 Å². The van der Waals surface area contributed by atoms with Crippen molar-refractivity contribution in [2.75, 3.05) is 5.75 Å². The van der Waals surface area contributed by atoms with E-state index in [9.17, 15) is 9.59 Å². The van der Waals surface area contributed by atoms with Gasteiger partial charge < -0.3 is 11.5 Å². The Morgan fingerprint density at radius 3 is 2.50 bits per heavy atom. The Morgan fingerprint density at radius 1 is 1.50 bits per heavy atom. The number of hydrogen-bond acceptors (Lipinski definition) is 4. The summed E-state index contributed by atoms with van der Waals surface area (Å²) in [5.41, 5.74) is 10.7. The zero-order valence-corrected chi connectivity index (χ0v) is 11.7. The van der Waals surface area contributed by atoms with Gasteiger partial charge in [0.15, 0.2) is 5.96 Å². The fourth-order valence-electron chi connectivity index (χ4n) is 2.14. The predicted octanol–water partition coefficient (Wildman–Crippen LogP) is 0.123. The number of guanidine groups is 1. The lowest BCUT2D eigenvalue weighted by molar-refractivity contribution is -0.160. The Labute approximate surface area is 111 Å². The van der Waals surface area contributed by atoms with E-state index in [1.165, 1.54) is 11.8 Å². The molecule has 1 heterocycles. The fraction of sp³-hybridized carbons (Fsp3) is 0.727. The molecule has 1 aliphatic heterocycles. The topological polar surface area (TPSA) is 102 Å². The second kappa shape index (κ2) is 6.08. The van der Waals surface area contributed by atoms with E-state index >= 15 is 0 Å². The van der Waals surface area contributed by atoms with Crippen molar-refractivity contribution >= 4 is 29.5 Å². The lowest BCUT2D eigenvalue weighted by atomic mass is 9.88. The molecule has 0 bridgehead atoms. The molecule has 2 amide bonds. The Balaban J connectivity index is 2.90. The summed E-state index contributed by atoms with van der Waals surface area (Å²) in [4.78, 5) is 28.8. The van der Waals surface area contributed by atoms with Crippen LogP contribution in [-0.2, 0) is 9.59 Å². The standard InChI is InChI=1S/C11H20N4O2S/c1-4-7(14-11(12)13)8-9(17)15(6(3)16)10(8)18-5-2/h7-8,10H,4-5H2,1-3H3,(H4,12,13,14)/t7?,8-,10+/m0/s1. The SMILES string of the molecule is CCS[C@@H]1[C@@H](C(CC)N=C(N)N)C(=O)N1C(C)=O. The largest absolute Gasteiger partial charge is 0.370 e. The number of β-lactam (4-membered cyclic amide) rings is 1. The minimum Gasteiger partial charge on any atom is -0.370 e. The van der Waals surface area contributed by atoms with Gasteiger partial charge in [-0.3, -0.25) is 14.5 Å². The van der Waals surface area contributed by atoms with E-state index in [-0.39, 0.29) is 35.1 Å². The van der Waals surface area contributed by atoms with Crippen molar-refractivity contribution in [2.45, 2.75) is 38.6 Å². The number of hydrogen-bond donors (Lipinski definition) is 2. The van der Waals surface area contributed by atoms with Gasteiger partial charge in [-0.2, -0.15) is 0 Å². The van der Waals surface area contributed by atoms with Crippen LogP contribution in [0.4, 0.5) is 0 Å². The molecule has 0 aliphatic carbocycles. The third-order valence-corrected chi connectivity index (χ3v) is 4.09. The molecule has 1 saturated heterocycles. The molecule has 1 unspecified atom stereocenters. The molecule has 18 heavy (non-hydrogen) atoms. The molecule has 0 aromatic heterocycles. The summed E-state index contributed by atoms with van der Waals surface area (Å²) in [5, 5.41) is -0.145. The Hall–Kier alpha value is -1.24. The molecule has 7 heteroatoms. The van der Waals surface area contributed by atoms with Crippen molar-refractivity contribution in [2.24, 2.45) is 22.4 Å². The smallest absolute Gasteiger partial charge is 0.238 e. The van der Waals surface area contributed by atoms with E-state index in [0.29, 0.717) is 6.42 Å². The maximum atomic E-state index is 12.0. The Morgan fingerprint density at radius 2 is 2.11 bits per heavy atom. The quantitative estimate of drug-likeness (QED) is 0.420. The summed E-state index contributed by atoms with van der Waals surface area (Å²) >= 11 is 1.57. The van der Waals surface area contributed by atoms with Gasteiger partial charge in [-0.15, -0.1) is 11.8 Å². The van der Waals surface area contributed by atoms with Crippen molar-refractivity contribution in [3.8, 4) is 0 Å². The summed E-state index contributed by atoms with van der Waals surface area (Å²) in [5.74, 6) is 0.116. The van der Waals surface area contributed by atoms with Gasteiger partial charge in [-0.05, 0) is 12.2 Å². The molecule has 1 rings (SSSR count). The van der Waals surface area contributed by atoms with Crippen LogP contribution in [0.2, 0.25) is 0 Å². The zero-order valence-electron chi connectivity index (χ0n) is 10.9. The van der Waals surface area contributed by atoms with Gasteiger partial charge in [0.1, 0.15) is 0 Å². The van der Waals surface area contributed by atoms with E-state index in [4.69, 9.17) is 11.5 Å². The summed E-state index contributed by atoms with van der Waals surface area (Å²) in [6, 6.07) is -0.248. The summed E-state index contributed by atoms with van der Waals surface area (Å²) in [6.45, 7) is 5.32. The summed E-state index contributed by atoms with van der Waals surface area (Å²) in [7, 11) is 0. The van der Waals surface area contributed by atoms with Gasteiger partial charge in [0, 0.05) is 6.92 Å². The number of nitrogens with zero attached hydrogens (tertiary/aromatic N) is 2. The van der Waals surface area contributed by atoms with Gasteiger partial charge in [-0.1, -0.05) is 13.8 Å². The lowest BCUT2D eigenvalue weighted by Crippen LogP contribution is -2.64. The first-order valence-corrected chi connectivity index (χ1v) is 7.02. The normalized spacial score (nSPS) is 24.4. The molecule has 0 aromatic carbocycles. The first kappa shape index (κ1) is 14.8. The Bertz CT molecular complexity index is 368. The van der Waals surface area contributed by atoms with Crippen LogP contribution < -0.4 is 11.5 Å². The van der Waals surface area contributed by atoms with Crippen LogP contribution in [0.5, 0.6) is 0 Å². The average molecular weight is 272 g/mol. The number of likely N-dealkylation sites (tertiary alicyclic amines) is 1. The van der Waals surface area contributed by atoms with Crippen LogP contribution >= 0.6 is 11.8 Å². The van der Waals surface area contributed by atoms with Crippen molar-refractivity contribution < 1.29 is 9.59 Å². The van der Waals surface area contributed by atoms with Crippen LogP contribution in [0, 0.1) is 5.92 Å². The second-order valence-corrected chi connectivity index (χ2v) is 5.52. The second-order valence-electron chi connectivity index (χ2n) is 4.13. The first-order valence-electron chi connectivity index (χ1n) is 5.97. The predicted molar refractivity (Wildman–Crippen MR) is 72.8 cm³/mol. The molecule has 4 N–H and O–H groups in total. The van der Waals surface area contributed by atoms with Crippen LogP contribution in [0.15, 0.2) is 4.99 Å². The highest BCUT2D eigenvalue weighted by molar-refractivity contribution is 8.00. The fourth-order valence-corrected chi connectivity index (χ4v) is 3.39. The third-order valence-electron chi connectivity index (χ3n) is 2.91.